The molecule has 0 aromatic carbocycles. The summed E-state index contributed by atoms with van der Waals surface area (Å²) in [7, 11) is 0. The summed E-state index contributed by atoms with van der Waals surface area (Å²) in [5.74, 6) is 0.355. The second-order valence-electron chi connectivity index (χ2n) is 2.52. The summed E-state index contributed by atoms with van der Waals surface area (Å²) < 4.78 is 0.530. The molecule has 1 amide bonds. The van der Waals surface area contributed by atoms with Crippen LogP contribution >= 0.6 is 35.3 Å². The van der Waals surface area contributed by atoms with Crippen LogP contribution in [0.15, 0.2) is 22.6 Å². The monoisotopic (exact) mass is 242 g/mol. The normalized spacial score (nSPS) is 17.3. The van der Waals surface area contributed by atoms with Gasteiger partial charge in [0.1, 0.15) is 0 Å². The zero-order valence-electron chi connectivity index (χ0n) is 7.04. The Morgan fingerprint density at radius 3 is 3.07 bits per heavy atom. The number of hydrazone groups is 1. The minimum atomic E-state index is -0.0483. The number of carbonyl (C=O) groups excluding carboxylic acids is 1. The summed E-state index contributed by atoms with van der Waals surface area (Å²) in [4.78, 5) is 12.3. The number of carbonyl (C=O) groups is 1. The topological polar surface area (TPSA) is 32.7 Å². The van der Waals surface area contributed by atoms with Crippen molar-refractivity contribution in [3.63, 3.8) is 0 Å². The van der Waals surface area contributed by atoms with Crippen molar-refractivity contribution in [1.82, 2.24) is 5.01 Å². The Balaban J connectivity index is 2.10. The number of thiocarbonyl (C=S) groups is 1. The SMILES string of the molecule is O=C1CSC(=S)N1N=Cc1cccs1. The van der Waals surface area contributed by atoms with Gasteiger partial charge in [0.25, 0.3) is 5.91 Å². The Labute approximate surface area is 94.8 Å². The summed E-state index contributed by atoms with van der Waals surface area (Å²) in [6, 6.07) is 3.87. The number of hydrogen-bond acceptors (Lipinski definition) is 5. The van der Waals surface area contributed by atoms with Crippen LogP contribution in [0, 0.1) is 0 Å². The van der Waals surface area contributed by atoms with E-state index in [0.29, 0.717) is 10.1 Å². The Hall–Kier alpha value is -0.720. The summed E-state index contributed by atoms with van der Waals surface area (Å²) in [5.41, 5.74) is 0. The van der Waals surface area contributed by atoms with E-state index >= 15 is 0 Å². The molecular formula is C8H6N2OS3. The third-order valence-electron chi connectivity index (χ3n) is 1.57. The molecule has 14 heavy (non-hydrogen) atoms. The molecule has 1 aliphatic rings. The van der Waals surface area contributed by atoms with Crippen molar-refractivity contribution >= 4 is 51.8 Å². The molecule has 0 radical (unpaired) electrons. The van der Waals surface area contributed by atoms with Crippen LogP contribution in [0.2, 0.25) is 0 Å². The molecule has 1 aliphatic heterocycles. The molecule has 3 nitrogen and oxygen atoms in total. The lowest BCUT2D eigenvalue weighted by molar-refractivity contribution is -0.123. The van der Waals surface area contributed by atoms with Crippen LogP contribution in [0.3, 0.4) is 0 Å². The molecule has 1 aromatic rings. The highest BCUT2D eigenvalue weighted by Crippen LogP contribution is 2.19. The Morgan fingerprint density at radius 2 is 2.50 bits per heavy atom. The minimum Gasteiger partial charge on any atom is -0.272 e. The average molecular weight is 242 g/mol. The lowest BCUT2D eigenvalue weighted by Crippen LogP contribution is -2.22. The molecule has 0 aliphatic carbocycles. The molecule has 6 heteroatoms. The van der Waals surface area contributed by atoms with Crippen LogP contribution in [0.25, 0.3) is 0 Å². The van der Waals surface area contributed by atoms with E-state index in [2.05, 4.69) is 5.10 Å². The molecule has 0 atom stereocenters. The summed E-state index contributed by atoms with van der Waals surface area (Å²) in [5, 5.41) is 7.27. The second-order valence-corrected chi connectivity index (χ2v) is 5.11. The predicted molar refractivity (Wildman–Crippen MR) is 63.8 cm³/mol. The van der Waals surface area contributed by atoms with Gasteiger partial charge in [-0.25, -0.2) is 0 Å². The van der Waals surface area contributed by atoms with Crippen LogP contribution in [0.4, 0.5) is 0 Å². The highest BCUT2D eigenvalue weighted by Gasteiger charge is 2.25. The van der Waals surface area contributed by atoms with Gasteiger partial charge >= 0.3 is 0 Å². The van der Waals surface area contributed by atoms with Crippen molar-refractivity contribution in [2.75, 3.05) is 5.75 Å². The summed E-state index contributed by atoms with van der Waals surface area (Å²) in [6.45, 7) is 0. The van der Waals surface area contributed by atoms with Gasteiger partial charge in [0.15, 0.2) is 4.32 Å². The summed E-state index contributed by atoms with van der Waals surface area (Å²) >= 11 is 7.89. The van der Waals surface area contributed by atoms with Crippen molar-refractivity contribution in [2.24, 2.45) is 5.10 Å². The van der Waals surface area contributed by atoms with Gasteiger partial charge in [-0.05, 0) is 11.4 Å². The van der Waals surface area contributed by atoms with Gasteiger partial charge in [-0.3, -0.25) is 4.79 Å². The van der Waals surface area contributed by atoms with Gasteiger partial charge in [0.2, 0.25) is 0 Å². The first-order chi connectivity index (χ1) is 6.77. The third-order valence-corrected chi connectivity index (χ3v) is 3.72. The van der Waals surface area contributed by atoms with Crippen LogP contribution in [0.1, 0.15) is 4.88 Å². The highest BCUT2D eigenvalue weighted by molar-refractivity contribution is 8.23. The van der Waals surface area contributed by atoms with Gasteiger partial charge in [0, 0.05) is 4.88 Å². The Morgan fingerprint density at radius 1 is 1.64 bits per heavy atom. The van der Waals surface area contributed by atoms with E-state index in [1.54, 1.807) is 17.6 Å². The molecule has 2 heterocycles. The lowest BCUT2D eigenvalue weighted by Gasteiger charge is -2.05. The molecule has 0 unspecified atom stereocenters. The maximum atomic E-state index is 11.3. The first kappa shape index (κ1) is 9.82. The largest absolute Gasteiger partial charge is 0.272 e. The van der Waals surface area contributed by atoms with E-state index in [4.69, 9.17) is 12.2 Å². The fourth-order valence-corrected chi connectivity index (χ4v) is 2.48. The molecule has 2 rings (SSSR count). The summed E-state index contributed by atoms with van der Waals surface area (Å²) in [6.07, 6.45) is 1.65. The molecule has 1 aromatic heterocycles. The quantitative estimate of drug-likeness (QED) is 0.587. The van der Waals surface area contributed by atoms with Gasteiger partial charge in [0.05, 0.1) is 12.0 Å². The van der Waals surface area contributed by atoms with E-state index in [-0.39, 0.29) is 5.91 Å². The number of amides is 1. The lowest BCUT2D eigenvalue weighted by atomic mass is 10.5. The number of nitrogens with zero attached hydrogens (tertiary/aromatic N) is 2. The van der Waals surface area contributed by atoms with Gasteiger partial charge in [-0.1, -0.05) is 30.0 Å². The number of hydrogen-bond donors (Lipinski definition) is 0. The van der Waals surface area contributed by atoms with Crippen molar-refractivity contribution < 1.29 is 4.79 Å². The fourth-order valence-electron chi connectivity index (χ4n) is 0.938. The first-order valence-corrected chi connectivity index (χ1v) is 6.12. The number of rotatable bonds is 2. The van der Waals surface area contributed by atoms with E-state index in [1.807, 2.05) is 17.5 Å². The fraction of sp³-hybridized carbons (Fsp3) is 0.125. The standard InChI is InChI=1S/C8H6N2OS3/c11-7-5-14-8(12)10(7)9-4-6-2-1-3-13-6/h1-4H,5H2. The first-order valence-electron chi connectivity index (χ1n) is 3.84. The molecule has 1 saturated heterocycles. The smallest absolute Gasteiger partial charge is 0.259 e. The minimum absolute atomic E-state index is 0.0483. The van der Waals surface area contributed by atoms with Crippen LogP contribution in [-0.2, 0) is 4.79 Å². The Kier molecular flexibility index (Phi) is 2.95. The average Bonchev–Trinajstić information content (AvgIpc) is 2.76. The van der Waals surface area contributed by atoms with E-state index in [9.17, 15) is 4.79 Å². The molecule has 0 spiro atoms. The van der Waals surface area contributed by atoms with Gasteiger partial charge in [-0.15, -0.1) is 11.3 Å². The molecule has 0 saturated carbocycles. The molecular weight excluding hydrogens is 236 g/mol. The third kappa shape index (κ3) is 2.02. The second kappa shape index (κ2) is 4.20. The van der Waals surface area contributed by atoms with Crippen LogP contribution in [0.5, 0.6) is 0 Å². The molecule has 0 N–H and O–H groups in total. The van der Waals surface area contributed by atoms with Gasteiger partial charge < -0.3 is 0 Å². The zero-order valence-corrected chi connectivity index (χ0v) is 9.49. The van der Waals surface area contributed by atoms with Gasteiger partial charge in [-0.2, -0.15) is 10.1 Å². The van der Waals surface area contributed by atoms with Crippen molar-refractivity contribution in [3.05, 3.63) is 22.4 Å². The maximum Gasteiger partial charge on any atom is 0.259 e. The predicted octanol–water partition coefficient (Wildman–Crippen LogP) is 1.94. The van der Waals surface area contributed by atoms with Crippen LogP contribution in [-0.4, -0.2) is 27.2 Å². The zero-order chi connectivity index (χ0) is 9.97. The number of thioether (sulfide) groups is 1. The van der Waals surface area contributed by atoms with E-state index in [1.165, 1.54) is 16.8 Å². The highest BCUT2D eigenvalue weighted by atomic mass is 32.2. The van der Waals surface area contributed by atoms with E-state index in [0.717, 1.165) is 4.88 Å². The molecule has 1 fully saturated rings. The van der Waals surface area contributed by atoms with Crippen molar-refractivity contribution in [2.45, 2.75) is 0 Å². The van der Waals surface area contributed by atoms with E-state index < -0.39 is 0 Å². The Bertz CT molecular complexity index is 369. The number of thiophene rings is 1. The van der Waals surface area contributed by atoms with Crippen LogP contribution < -0.4 is 0 Å². The van der Waals surface area contributed by atoms with Crippen molar-refractivity contribution in [3.8, 4) is 0 Å². The van der Waals surface area contributed by atoms with Crippen molar-refractivity contribution in [1.29, 1.82) is 0 Å². The molecule has 0 bridgehead atoms. The maximum absolute atomic E-state index is 11.3. The molecule has 72 valence electrons.